The molecular formula is C14H22N2O4S. The van der Waals surface area contributed by atoms with Crippen LogP contribution in [0.15, 0.2) is 0 Å². The minimum absolute atomic E-state index is 0.103. The monoisotopic (exact) mass is 314 g/mol. The fourth-order valence-corrected chi connectivity index (χ4v) is 4.23. The Labute approximate surface area is 128 Å². The van der Waals surface area contributed by atoms with E-state index in [0.717, 1.165) is 25.9 Å². The summed E-state index contributed by atoms with van der Waals surface area (Å²) >= 11 is 1.42. The largest absolute Gasteiger partial charge is 0.480 e. The Hall–Kier alpha value is -1.08. The van der Waals surface area contributed by atoms with Gasteiger partial charge in [0.05, 0.1) is 6.04 Å². The van der Waals surface area contributed by atoms with E-state index in [1.807, 2.05) is 6.92 Å². The lowest BCUT2D eigenvalue weighted by molar-refractivity contribution is -0.144. The number of hydrogen-bond acceptors (Lipinski definition) is 5. The lowest BCUT2D eigenvalue weighted by Gasteiger charge is -2.49. The Morgan fingerprint density at radius 3 is 2.62 bits per heavy atom. The number of carbonyl (C=O) groups excluding carboxylic acids is 2. The van der Waals surface area contributed by atoms with Gasteiger partial charge in [0.2, 0.25) is 5.91 Å². The molecule has 0 aliphatic carbocycles. The predicted octanol–water partition coefficient (Wildman–Crippen LogP) is 0.362. The summed E-state index contributed by atoms with van der Waals surface area (Å²) in [6.45, 7) is 5.24. The smallest absolute Gasteiger partial charge is 0.327 e. The first-order chi connectivity index (χ1) is 9.83. The molecule has 0 radical (unpaired) electrons. The maximum Gasteiger partial charge on any atom is 0.327 e. The molecule has 7 heteroatoms. The molecule has 0 aromatic carbocycles. The number of rotatable bonds is 6. The number of thioether (sulfide) groups is 1. The highest BCUT2D eigenvalue weighted by molar-refractivity contribution is 7.99. The molecule has 3 saturated heterocycles. The minimum atomic E-state index is -1.04. The maximum absolute atomic E-state index is 12.5. The number of aliphatic carboxylic acids is 1. The van der Waals surface area contributed by atoms with Crippen LogP contribution in [0.4, 0.5) is 0 Å². The molecule has 2 N–H and O–H groups in total. The number of fused-ring (bicyclic) bond motifs is 3. The van der Waals surface area contributed by atoms with Crippen LogP contribution in [0, 0.1) is 5.41 Å². The van der Waals surface area contributed by atoms with Gasteiger partial charge in [0, 0.05) is 23.8 Å². The molecule has 3 aliphatic rings. The topological polar surface area (TPSA) is 86.7 Å². The van der Waals surface area contributed by atoms with Gasteiger partial charge >= 0.3 is 5.97 Å². The van der Waals surface area contributed by atoms with Crippen LogP contribution in [0.3, 0.4) is 0 Å². The van der Waals surface area contributed by atoms with Crippen molar-refractivity contribution in [2.45, 2.75) is 38.8 Å². The van der Waals surface area contributed by atoms with E-state index in [2.05, 4.69) is 10.2 Å². The van der Waals surface area contributed by atoms with Crippen molar-refractivity contribution in [3.05, 3.63) is 0 Å². The molecule has 6 nitrogen and oxygen atoms in total. The van der Waals surface area contributed by atoms with Gasteiger partial charge in [-0.05, 0) is 25.9 Å². The van der Waals surface area contributed by atoms with Crippen molar-refractivity contribution in [3.63, 3.8) is 0 Å². The number of nitrogens with zero attached hydrogens (tertiary/aromatic N) is 1. The van der Waals surface area contributed by atoms with Gasteiger partial charge in [-0.15, -0.1) is 0 Å². The van der Waals surface area contributed by atoms with E-state index < -0.39 is 12.0 Å². The summed E-state index contributed by atoms with van der Waals surface area (Å²) in [5, 5.41) is 11.5. The van der Waals surface area contributed by atoms with E-state index >= 15 is 0 Å². The molecule has 118 valence electrons. The predicted molar refractivity (Wildman–Crippen MR) is 80.3 cm³/mol. The molecule has 1 unspecified atom stereocenters. The number of ketones is 1. The molecule has 0 aromatic rings. The SMILES string of the molecule is CC(=O)N[C@@H](CSCC1C(=O)C2(C)CCN1CC2)C(=O)O. The summed E-state index contributed by atoms with van der Waals surface area (Å²) in [7, 11) is 0. The van der Waals surface area contributed by atoms with Crippen LogP contribution >= 0.6 is 11.8 Å². The van der Waals surface area contributed by atoms with Crippen LogP contribution in [-0.2, 0) is 14.4 Å². The highest BCUT2D eigenvalue weighted by Crippen LogP contribution is 2.40. The molecule has 3 rings (SSSR count). The van der Waals surface area contributed by atoms with E-state index in [9.17, 15) is 14.4 Å². The average Bonchev–Trinajstić information content (AvgIpc) is 2.41. The molecule has 3 fully saturated rings. The Bertz CT molecular complexity index is 446. The summed E-state index contributed by atoms with van der Waals surface area (Å²) in [6, 6.07) is -0.997. The normalized spacial score (nSPS) is 32.8. The second-order valence-electron chi connectivity index (χ2n) is 6.11. The first kappa shape index (κ1) is 16.3. The number of Topliss-reactive ketones (excluding diaryl/α,β-unsaturated/α-hetero) is 1. The van der Waals surface area contributed by atoms with Crippen LogP contribution in [0.1, 0.15) is 26.7 Å². The highest BCUT2D eigenvalue weighted by Gasteiger charge is 2.48. The average molecular weight is 314 g/mol. The fourth-order valence-electron chi connectivity index (χ4n) is 3.04. The van der Waals surface area contributed by atoms with Crippen LogP contribution in [0.5, 0.6) is 0 Å². The van der Waals surface area contributed by atoms with Crippen LogP contribution in [0.25, 0.3) is 0 Å². The van der Waals surface area contributed by atoms with Crippen molar-refractivity contribution in [2.75, 3.05) is 24.6 Å². The Kier molecular flexibility index (Phi) is 4.93. The maximum atomic E-state index is 12.5. The van der Waals surface area contributed by atoms with Crippen molar-refractivity contribution in [2.24, 2.45) is 5.41 Å². The van der Waals surface area contributed by atoms with Gasteiger partial charge in [0.1, 0.15) is 6.04 Å². The number of nitrogens with one attached hydrogen (secondary N) is 1. The number of amides is 1. The third-order valence-corrected chi connectivity index (χ3v) is 5.60. The van der Waals surface area contributed by atoms with Crippen molar-refractivity contribution in [3.8, 4) is 0 Å². The second kappa shape index (κ2) is 6.36. The summed E-state index contributed by atoms with van der Waals surface area (Å²) in [5.74, 6) is -0.228. The minimum Gasteiger partial charge on any atom is -0.480 e. The van der Waals surface area contributed by atoms with Gasteiger partial charge < -0.3 is 10.4 Å². The van der Waals surface area contributed by atoms with Crippen LogP contribution < -0.4 is 5.32 Å². The Morgan fingerprint density at radius 1 is 1.48 bits per heavy atom. The second-order valence-corrected chi connectivity index (χ2v) is 7.18. The third-order valence-electron chi connectivity index (χ3n) is 4.48. The van der Waals surface area contributed by atoms with Gasteiger partial charge in [-0.2, -0.15) is 11.8 Å². The molecule has 2 bridgehead atoms. The van der Waals surface area contributed by atoms with E-state index in [1.54, 1.807) is 0 Å². The zero-order valence-corrected chi connectivity index (χ0v) is 13.2. The zero-order chi connectivity index (χ0) is 15.6. The Morgan fingerprint density at radius 2 is 2.10 bits per heavy atom. The summed E-state index contributed by atoms with van der Waals surface area (Å²) < 4.78 is 0. The number of carboxylic acids is 1. The first-order valence-electron chi connectivity index (χ1n) is 7.19. The van der Waals surface area contributed by atoms with Crippen LogP contribution in [-0.4, -0.2) is 64.3 Å². The standard InChI is InChI=1S/C14H22N2O4S/c1-9(17)15-10(13(19)20)7-21-8-11-12(18)14(2)3-5-16(11)6-4-14/h10-11H,3-8H2,1-2H3,(H,15,17)(H,19,20)/t10-,11?/m0/s1. The molecule has 3 heterocycles. The lowest BCUT2D eigenvalue weighted by atomic mass is 9.70. The molecule has 21 heavy (non-hydrogen) atoms. The van der Waals surface area contributed by atoms with Crippen molar-refractivity contribution >= 4 is 29.4 Å². The van der Waals surface area contributed by atoms with E-state index in [1.165, 1.54) is 18.7 Å². The number of carboxylic acid groups (broad SMARTS) is 1. The summed E-state index contributed by atoms with van der Waals surface area (Å²) in [5.41, 5.74) is -0.191. The van der Waals surface area contributed by atoms with Gasteiger partial charge in [-0.3, -0.25) is 14.5 Å². The third kappa shape index (κ3) is 3.58. The van der Waals surface area contributed by atoms with E-state index in [0.29, 0.717) is 11.5 Å². The quantitative estimate of drug-likeness (QED) is 0.736. The van der Waals surface area contributed by atoms with Gasteiger partial charge in [0.15, 0.2) is 5.78 Å². The molecular weight excluding hydrogens is 292 g/mol. The van der Waals surface area contributed by atoms with Crippen LogP contribution in [0.2, 0.25) is 0 Å². The zero-order valence-electron chi connectivity index (χ0n) is 12.4. The molecule has 0 saturated carbocycles. The molecule has 2 atom stereocenters. The molecule has 1 amide bonds. The van der Waals surface area contributed by atoms with Crippen molar-refractivity contribution in [1.82, 2.24) is 10.2 Å². The number of carbonyl (C=O) groups is 3. The van der Waals surface area contributed by atoms with Crippen molar-refractivity contribution < 1.29 is 19.5 Å². The molecule has 3 aliphatic heterocycles. The van der Waals surface area contributed by atoms with Gasteiger partial charge in [-0.25, -0.2) is 4.79 Å². The molecule has 0 aromatic heterocycles. The first-order valence-corrected chi connectivity index (χ1v) is 8.35. The Balaban J connectivity index is 1.86. The van der Waals surface area contributed by atoms with Gasteiger partial charge in [0.25, 0.3) is 0 Å². The summed E-state index contributed by atoms with van der Waals surface area (Å²) in [6.07, 6.45) is 1.85. The van der Waals surface area contributed by atoms with E-state index in [4.69, 9.17) is 5.11 Å². The van der Waals surface area contributed by atoms with E-state index in [-0.39, 0.29) is 23.1 Å². The number of piperidine rings is 3. The van der Waals surface area contributed by atoms with Gasteiger partial charge in [-0.1, -0.05) is 6.92 Å². The lowest BCUT2D eigenvalue weighted by Crippen LogP contribution is -2.61. The fraction of sp³-hybridized carbons (Fsp3) is 0.786. The molecule has 0 spiro atoms. The highest BCUT2D eigenvalue weighted by atomic mass is 32.2. The number of hydrogen-bond donors (Lipinski definition) is 2. The summed E-state index contributed by atoms with van der Waals surface area (Å²) in [4.78, 5) is 36.7. The van der Waals surface area contributed by atoms with Crippen molar-refractivity contribution in [1.29, 1.82) is 0 Å².